The molecular formula is C13H19N3O4S. The first-order chi connectivity index (χ1) is 10.0. The summed E-state index contributed by atoms with van der Waals surface area (Å²) in [6.07, 6.45) is 1.04. The zero-order chi connectivity index (χ0) is 15.3. The van der Waals surface area contributed by atoms with Crippen LogP contribution in [0.4, 0.5) is 11.4 Å². The molecule has 0 aliphatic carbocycles. The Labute approximate surface area is 124 Å². The Balaban J connectivity index is 2.03. The average molecular weight is 313 g/mol. The van der Waals surface area contributed by atoms with Crippen LogP contribution < -0.4 is 14.3 Å². The predicted octanol–water partition coefficient (Wildman–Crippen LogP) is 0.706. The van der Waals surface area contributed by atoms with Crippen molar-refractivity contribution in [2.45, 2.75) is 12.8 Å². The summed E-state index contributed by atoms with van der Waals surface area (Å²) in [6, 6.07) is 6.72. The molecule has 1 fully saturated rings. The van der Waals surface area contributed by atoms with Crippen LogP contribution in [-0.4, -0.2) is 41.1 Å². The van der Waals surface area contributed by atoms with Gasteiger partial charge in [-0.05, 0) is 30.7 Å². The highest BCUT2D eigenvalue weighted by Gasteiger charge is 2.25. The minimum absolute atomic E-state index is 0.142. The van der Waals surface area contributed by atoms with E-state index in [1.54, 1.807) is 24.3 Å². The highest BCUT2D eigenvalue weighted by atomic mass is 32.2. The van der Waals surface area contributed by atoms with Gasteiger partial charge in [-0.25, -0.2) is 0 Å². The van der Waals surface area contributed by atoms with Crippen molar-refractivity contribution >= 4 is 27.5 Å². The van der Waals surface area contributed by atoms with Gasteiger partial charge in [0.25, 0.3) is 0 Å². The fraction of sp³-hybridized carbons (Fsp3) is 0.462. The number of nitrogens with one attached hydrogen (secondary N) is 2. The minimum atomic E-state index is -3.45. The highest BCUT2D eigenvalue weighted by molar-refractivity contribution is 7.90. The van der Waals surface area contributed by atoms with Crippen LogP contribution in [0.15, 0.2) is 24.3 Å². The molecule has 1 amide bonds. The van der Waals surface area contributed by atoms with E-state index in [2.05, 4.69) is 10.0 Å². The molecule has 1 aromatic carbocycles. The summed E-state index contributed by atoms with van der Waals surface area (Å²) in [4.78, 5) is 11.6. The number of amides is 1. The third-order valence-corrected chi connectivity index (χ3v) is 4.63. The first-order valence-corrected chi connectivity index (χ1v) is 8.13. The molecule has 0 saturated carbocycles. The van der Waals surface area contributed by atoms with Crippen molar-refractivity contribution in [3.63, 3.8) is 0 Å². The maximum atomic E-state index is 11.9. The molecule has 21 heavy (non-hydrogen) atoms. The number of hydrogen-bond donors (Lipinski definition) is 2. The summed E-state index contributed by atoms with van der Waals surface area (Å²) in [7, 11) is -1.91. The number of hydrogen-bond acceptors (Lipinski definition) is 4. The molecule has 0 aromatic heterocycles. The van der Waals surface area contributed by atoms with Crippen LogP contribution >= 0.6 is 0 Å². The van der Waals surface area contributed by atoms with Crippen LogP contribution in [0.25, 0.3) is 0 Å². The number of methoxy groups -OCH3 is 1. The molecule has 2 N–H and O–H groups in total. The molecule has 0 radical (unpaired) electrons. The fourth-order valence-corrected chi connectivity index (χ4v) is 3.35. The molecule has 1 saturated heterocycles. The third-order valence-electron chi connectivity index (χ3n) is 3.08. The fourth-order valence-electron chi connectivity index (χ4n) is 2.02. The van der Waals surface area contributed by atoms with Gasteiger partial charge in [-0.1, -0.05) is 0 Å². The molecule has 1 heterocycles. The van der Waals surface area contributed by atoms with Crippen LogP contribution in [0.3, 0.4) is 0 Å². The van der Waals surface area contributed by atoms with Crippen molar-refractivity contribution in [2.75, 3.05) is 36.4 Å². The summed E-state index contributed by atoms with van der Waals surface area (Å²) in [6.45, 7) is 1.28. The van der Waals surface area contributed by atoms with E-state index in [9.17, 15) is 13.2 Å². The Hall–Kier alpha value is -1.64. The summed E-state index contributed by atoms with van der Waals surface area (Å²) in [5, 5.41) is 2.73. The number of nitrogens with zero attached hydrogens (tertiary/aromatic N) is 1. The molecule has 0 spiro atoms. The van der Waals surface area contributed by atoms with Crippen molar-refractivity contribution in [3.05, 3.63) is 24.3 Å². The number of anilines is 2. The van der Waals surface area contributed by atoms with Crippen molar-refractivity contribution in [3.8, 4) is 0 Å². The van der Waals surface area contributed by atoms with Gasteiger partial charge in [-0.3, -0.25) is 9.10 Å². The number of carbonyl (C=O) groups is 1. The van der Waals surface area contributed by atoms with E-state index in [4.69, 9.17) is 4.74 Å². The second-order valence-electron chi connectivity index (χ2n) is 4.66. The standard InChI is InChI=1S/C13H19N3O4S/c1-20-10-7-13(17)15-11-3-5-12(6-4-11)16-9-2-8-14-21(16,18)19/h3-6,14H,2,7-10H2,1H3,(H,15,17). The van der Waals surface area contributed by atoms with Gasteiger partial charge >= 0.3 is 10.2 Å². The van der Waals surface area contributed by atoms with E-state index >= 15 is 0 Å². The quantitative estimate of drug-likeness (QED) is 0.838. The predicted molar refractivity (Wildman–Crippen MR) is 80.5 cm³/mol. The molecule has 1 aliphatic heterocycles. The summed E-state index contributed by atoms with van der Waals surface area (Å²) >= 11 is 0. The lowest BCUT2D eigenvalue weighted by molar-refractivity contribution is -0.117. The van der Waals surface area contributed by atoms with Crippen molar-refractivity contribution in [1.82, 2.24) is 4.72 Å². The second-order valence-corrected chi connectivity index (χ2v) is 6.34. The third kappa shape index (κ3) is 4.16. The first kappa shape index (κ1) is 15.7. The number of ether oxygens (including phenoxy) is 1. The van der Waals surface area contributed by atoms with Gasteiger partial charge in [0.1, 0.15) is 0 Å². The molecule has 7 nitrogen and oxygen atoms in total. The molecule has 0 bridgehead atoms. The van der Waals surface area contributed by atoms with Crippen LogP contribution in [0.2, 0.25) is 0 Å². The lowest BCUT2D eigenvalue weighted by Gasteiger charge is -2.28. The smallest absolute Gasteiger partial charge is 0.301 e. The van der Waals surface area contributed by atoms with E-state index in [1.807, 2.05) is 0 Å². The summed E-state index contributed by atoms with van der Waals surface area (Å²) in [5.74, 6) is -0.142. The molecule has 1 aliphatic rings. The zero-order valence-corrected chi connectivity index (χ0v) is 12.6. The lowest BCUT2D eigenvalue weighted by atomic mass is 10.2. The van der Waals surface area contributed by atoms with Gasteiger partial charge in [0, 0.05) is 25.9 Å². The van der Waals surface area contributed by atoms with Gasteiger partial charge in [0.2, 0.25) is 5.91 Å². The van der Waals surface area contributed by atoms with Crippen LogP contribution in [-0.2, 0) is 19.7 Å². The Morgan fingerprint density at radius 2 is 2.10 bits per heavy atom. The number of benzene rings is 1. The van der Waals surface area contributed by atoms with Gasteiger partial charge in [-0.15, -0.1) is 0 Å². The maximum absolute atomic E-state index is 11.9. The summed E-state index contributed by atoms with van der Waals surface area (Å²) < 4.78 is 32.4. The van der Waals surface area contributed by atoms with Crippen molar-refractivity contribution in [1.29, 1.82) is 0 Å². The minimum Gasteiger partial charge on any atom is -0.384 e. The topological polar surface area (TPSA) is 87.7 Å². The van der Waals surface area contributed by atoms with E-state index in [1.165, 1.54) is 11.4 Å². The molecule has 2 rings (SSSR count). The highest BCUT2D eigenvalue weighted by Crippen LogP contribution is 2.22. The van der Waals surface area contributed by atoms with Crippen LogP contribution in [0.1, 0.15) is 12.8 Å². The van der Waals surface area contributed by atoms with Crippen molar-refractivity contribution < 1.29 is 17.9 Å². The average Bonchev–Trinajstić information content (AvgIpc) is 2.46. The molecule has 8 heteroatoms. The van der Waals surface area contributed by atoms with E-state index in [0.29, 0.717) is 31.1 Å². The molecular weight excluding hydrogens is 294 g/mol. The lowest BCUT2D eigenvalue weighted by Crippen LogP contribution is -2.47. The Morgan fingerprint density at radius 3 is 2.71 bits per heavy atom. The largest absolute Gasteiger partial charge is 0.384 e. The van der Waals surface area contributed by atoms with Crippen molar-refractivity contribution in [2.24, 2.45) is 0 Å². The van der Waals surface area contributed by atoms with Gasteiger partial charge < -0.3 is 10.1 Å². The van der Waals surface area contributed by atoms with Gasteiger partial charge in [0.15, 0.2) is 0 Å². The second kappa shape index (κ2) is 6.88. The molecule has 116 valence electrons. The van der Waals surface area contributed by atoms with E-state index < -0.39 is 10.2 Å². The van der Waals surface area contributed by atoms with E-state index in [-0.39, 0.29) is 12.3 Å². The molecule has 0 unspecified atom stereocenters. The maximum Gasteiger partial charge on any atom is 0.301 e. The Bertz CT molecular complexity index is 586. The Kier molecular flexibility index (Phi) is 5.16. The normalized spacial score (nSPS) is 17.5. The zero-order valence-electron chi connectivity index (χ0n) is 11.8. The first-order valence-electron chi connectivity index (χ1n) is 6.69. The van der Waals surface area contributed by atoms with Crippen LogP contribution in [0.5, 0.6) is 0 Å². The van der Waals surface area contributed by atoms with E-state index in [0.717, 1.165) is 6.42 Å². The summed E-state index contributed by atoms with van der Waals surface area (Å²) in [5.41, 5.74) is 1.21. The number of carbonyl (C=O) groups excluding carboxylic acids is 1. The number of rotatable bonds is 5. The van der Waals surface area contributed by atoms with Gasteiger partial charge in [-0.2, -0.15) is 13.1 Å². The SMILES string of the molecule is COCCC(=O)Nc1ccc(N2CCCNS2(=O)=O)cc1. The Morgan fingerprint density at radius 1 is 1.38 bits per heavy atom. The van der Waals surface area contributed by atoms with Gasteiger partial charge in [0.05, 0.1) is 18.7 Å². The monoisotopic (exact) mass is 313 g/mol. The molecule has 1 aromatic rings. The molecule has 0 atom stereocenters. The van der Waals surface area contributed by atoms with Crippen LogP contribution in [0, 0.1) is 0 Å².